The summed E-state index contributed by atoms with van der Waals surface area (Å²) in [5, 5.41) is 21.8. The number of nitrogens with zero attached hydrogens (tertiary/aromatic N) is 1. The zero-order valence-electron chi connectivity index (χ0n) is 8.70. The van der Waals surface area contributed by atoms with Crippen LogP contribution in [-0.4, -0.2) is 10.0 Å². The van der Waals surface area contributed by atoms with E-state index in [9.17, 15) is 10.1 Å². The number of aliphatic hydroxyl groups excluding tert-OH is 1. The van der Waals surface area contributed by atoms with E-state index in [0.717, 1.165) is 4.21 Å². The minimum absolute atomic E-state index is 0.0370. The summed E-state index contributed by atoms with van der Waals surface area (Å²) in [6.07, 6.45) is 0. The monoisotopic (exact) mass is 267 g/mol. The first-order valence-corrected chi connectivity index (χ1v) is 6.50. The van der Waals surface area contributed by atoms with E-state index in [1.807, 2.05) is 17.5 Å². The highest BCUT2D eigenvalue weighted by Crippen LogP contribution is 2.37. The van der Waals surface area contributed by atoms with Gasteiger partial charge in [0.25, 0.3) is 5.69 Å². The average Bonchev–Trinajstić information content (AvgIpc) is 2.82. The lowest BCUT2D eigenvalue weighted by Crippen LogP contribution is -1.93. The van der Waals surface area contributed by atoms with Gasteiger partial charge in [0.15, 0.2) is 0 Å². The van der Waals surface area contributed by atoms with Gasteiger partial charge in [0.05, 0.1) is 20.6 Å². The summed E-state index contributed by atoms with van der Waals surface area (Å²) in [5.74, 6) is 0. The Morgan fingerprint density at radius 1 is 1.41 bits per heavy atom. The Kier molecular flexibility index (Phi) is 3.78. The molecule has 6 heteroatoms. The molecule has 0 atom stereocenters. The van der Waals surface area contributed by atoms with Crippen LogP contribution in [0.5, 0.6) is 0 Å². The van der Waals surface area contributed by atoms with Crippen LogP contribution in [0.1, 0.15) is 5.56 Å². The molecule has 0 aliphatic carbocycles. The van der Waals surface area contributed by atoms with E-state index in [1.165, 1.54) is 29.2 Å². The van der Waals surface area contributed by atoms with Crippen LogP contribution in [0.3, 0.4) is 0 Å². The van der Waals surface area contributed by atoms with Crippen molar-refractivity contribution in [2.75, 3.05) is 0 Å². The molecule has 0 bridgehead atoms. The second-order valence-corrected chi connectivity index (χ2v) is 5.54. The summed E-state index contributed by atoms with van der Waals surface area (Å²) < 4.78 is 1.00. The van der Waals surface area contributed by atoms with Crippen LogP contribution in [0.25, 0.3) is 0 Å². The van der Waals surface area contributed by atoms with Crippen LogP contribution < -0.4 is 0 Å². The number of nitro benzene ring substituents is 1. The zero-order valence-corrected chi connectivity index (χ0v) is 10.3. The first kappa shape index (κ1) is 12.1. The van der Waals surface area contributed by atoms with Gasteiger partial charge in [-0.2, -0.15) is 0 Å². The second-order valence-electron chi connectivity index (χ2n) is 3.25. The summed E-state index contributed by atoms with van der Waals surface area (Å²) in [6, 6.07) is 8.60. The van der Waals surface area contributed by atoms with E-state index in [0.29, 0.717) is 10.5 Å². The van der Waals surface area contributed by atoms with E-state index in [4.69, 9.17) is 5.11 Å². The second kappa shape index (κ2) is 5.31. The molecule has 0 radical (unpaired) electrons. The van der Waals surface area contributed by atoms with Crippen molar-refractivity contribution in [3.8, 4) is 0 Å². The standard InChI is InChI=1S/C11H9NO3S2/c13-7-8-3-4-10(9(6-8)12(14)15)17-11-2-1-5-16-11/h1-6,13H,7H2. The van der Waals surface area contributed by atoms with Crippen LogP contribution in [-0.2, 0) is 6.61 Å². The maximum absolute atomic E-state index is 10.9. The smallest absolute Gasteiger partial charge is 0.283 e. The van der Waals surface area contributed by atoms with Crippen LogP contribution in [0, 0.1) is 10.1 Å². The molecule has 1 N–H and O–H groups in total. The van der Waals surface area contributed by atoms with Crippen LogP contribution in [0.2, 0.25) is 0 Å². The zero-order chi connectivity index (χ0) is 12.3. The van der Waals surface area contributed by atoms with Gasteiger partial charge in [-0.25, -0.2) is 0 Å². The number of hydrogen-bond donors (Lipinski definition) is 1. The molecule has 1 aromatic carbocycles. The number of hydrogen-bond acceptors (Lipinski definition) is 5. The summed E-state index contributed by atoms with van der Waals surface area (Å²) in [5.41, 5.74) is 0.585. The van der Waals surface area contributed by atoms with Gasteiger partial charge in [0.2, 0.25) is 0 Å². The molecule has 2 aromatic rings. The molecule has 1 aromatic heterocycles. The average molecular weight is 267 g/mol. The normalized spacial score (nSPS) is 10.4. The first-order chi connectivity index (χ1) is 8.20. The Hall–Kier alpha value is -1.37. The van der Waals surface area contributed by atoms with Crippen molar-refractivity contribution in [1.29, 1.82) is 0 Å². The summed E-state index contributed by atoms with van der Waals surface area (Å²) >= 11 is 2.90. The molecular weight excluding hydrogens is 258 g/mol. The lowest BCUT2D eigenvalue weighted by atomic mass is 10.2. The molecule has 4 nitrogen and oxygen atoms in total. The molecule has 2 rings (SSSR count). The number of aliphatic hydroxyl groups is 1. The molecule has 1 heterocycles. The van der Waals surface area contributed by atoms with Gasteiger partial charge in [-0.15, -0.1) is 11.3 Å². The summed E-state index contributed by atoms with van der Waals surface area (Å²) in [4.78, 5) is 11.1. The molecule has 0 unspecified atom stereocenters. The predicted molar refractivity (Wildman–Crippen MR) is 67.5 cm³/mol. The molecule has 0 fully saturated rings. The van der Waals surface area contributed by atoms with Gasteiger partial charge in [-0.05, 0) is 23.1 Å². The quantitative estimate of drug-likeness (QED) is 0.682. The molecule has 0 amide bonds. The minimum atomic E-state index is -0.422. The fraction of sp³-hybridized carbons (Fsp3) is 0.0909. The van der Waals surface area contributed by atoms with E-state index >= 15 is 0 Å². The van der Waals surface area contributed by atoms with E-state index in [-0.39, 0.29) is 12.3 Å². The molecule has 0 aliphatic rings. The van der Waals surface area contributed by atoms with Crippen molar-refractivity contribution in [1.82, 2.24) is 0 Å². The van der Waals surface area contributed by atoms with Gasteiger partial charge in [-0.3, -0.25) is 10.1 Å². The highest BCUT2D eigenvalue weighted by Gasteiger charge is 2.15. The van der Waals surface area contributed by atoms with Crippen molar-refractivity contribution in [2.24, 2.45) is 0 Å². The van der Waals surface area contributed by atoms with Crippen LogP contribution in [0.4, 0.5) is 5.69 Å². The van der Waals surface area contributed by atoms with Crippen molar-refractivity contribution in [2.45, 2.75) is 15.7 Å². The molecular formula is C11H9NO3S2. The molecule has 17 heavy (non-hydrogen) atoms. The highest BCUT2D eigenvalue weighted by molar-refractivity contribution is 8.01. The molecule has 0 spiro atoms. The van der Waals surface area contributed by atoms with Gasteiger partial charge in [-0.1, -0.05) is 23.9 Å². The number of benzene rings is 1. The Morgan fingerprint density at radius 3 is 2.82 bits per heavy atom. The van der Waals surface area contributed by atoms with E-state index in [2.05, 4.69) is 0 Å². The third kappa shape index (κ3) is 2.85. The molecule has 0 saturated carbocycles. The fourth-order valence-corrected chi connectivity index (χ4v) is 3.13. The van der Waals surface area contributed by atoms with Crippen molar-refractivity contribution in [3.05, 3.63) is 51.4 Å². The van der Waals surface area contributed by atoms with Crippen LogP contribution in [0.15, 0.2) is 44.8 Å². The van der Waals surface area contributed by atoms with Crippen LogP contribution >= 0.6 is 23.1 Å². The van der Waals surface area contributed by atoms with Crippen molar-refractivity contribution < 1.29 is 10.0 Å². The lowest BCUT2D eigenvalue weighted by molar-refractivity contribution is -0.387. The maximum Gasteiger partial charge on any atom is 0.283 e. The summed E-state index contributed by atoms with van der Waals surface area (Å²) in [7, 11) is 0. The molecule has 0 aliphatic heterocycles. The Bertz CT molecular complexity index is 526. The number of thiophene rings is 1. The minimum Gasteiger partial charge on any atom is -0.392 e. The van der Waals surface area contributed by atoms with Gasteiger partial charge in [0, 0.05) is 6.07 Å². The SMILES string of the molecule is O=[N+]([O-])c1cc(CO)ccc1Sc1cccs1. The Balaban J connectivity index is 2.36. The highest BCUT2D eigenvalue weighted by atomic mass is 32.2. The third-order valence-electron chi connectivity index (χ3n) is 2.11. The van der Waals surface area contributed by atoms with E-state index < -0.39 is 4.92 Å². The van der Waals surface area contributed by atoms with Gasteiger partial charge in [0.1, 0.15) is 0 Å². The molecule has 0 saturated heterocycles. The Morgan fingerprint density at radius 2 is 2.24 bits per heavy atom. The van der Waals surface area contributed by atoms with Gasteiger partial charge >= 0.3 is 0 Å². The third-order valence-corrected chi connectivity index (χ3v) is 4.21. The van der Waals surface area contributed by atoms with E-state index in [1.54, 1.807) is 12.1 Å². The largest absolute Gasteiger partial charge is 0.392 e. The topological polar surface area (TPSA) is 63.4 Å². The van der Waals surface area contributed by atoms with Crippen molar-refractivity contribution in [3.63, 3.8) is 0 Å². The van der Waals surface area contributed by atoms with Gasteiger partial charge < -0.3 is 5.11 Å². The number of nitro groups is 1. The fourth-order valence-electron chi connectivity index (χ4n) is 1.32. The Labute approximate surface area is 106 Å². The van der Waals surface area contributed by atoms with Crippen molar-refractivity contribution >= 4 is 28.8 Å². The molecule has 88 valence electrons. The predicted octanol–water partition coefficient (Wildman–Crippen LogP) is 3.30. The summed E-state index contributed by atoms with van der Waals surface area (Å²) in [6.45, 7) is -0.190. The lowest BCUT2D eigenvalue weighted by Gasteiger charge is -2.02. The first-order valence-electron chi connectivity index (χ1n) is 4.80. The maximum atomic E-state index is 10.9. The number of rotatable bonds is 4.